The van der Waals surface area contributed by atoms with Crippen molar-refractivity contribution in [3.8, 4) is 0 Å². The Morgan fingerprint density at radius 1 is 1.08 bits per heavy atom. The van der Waals surface area contributed by atoms with Crippen molar-refractivity contribution in [3.63, 3.8) is 0 Å². The number of aromatic nitrogens is 1. The average molecular weight is 361 g/mol. The molecular formula is C20H30NO3Si. The number of rotatable bonds is 3. The highest BCUT2D eigenvalue weighted by Gasteiger charge is 2.28. The molecule has 0 spiro atoms. The van der Waals surface area contributed by atoms with Crippen molar-refractivity contribution in [3.05, 3.63) is 36.0 Å². The Labute approximate surface area is 152 Å². The van der Waals surface area contributed by atoms with Gasteiger partial charge in [-0.3, -0.25) is 4.57 Å². The zero-order valence-corrected chi connectivity index (χ0v) is 17.6. The number of nitrogens with zero attached hydrogens (tertiary/aromatic N) is 1. The normalized spacial score (nSPS) is 14.1. The Morgan fingerprint density at radius 3 is 2.24 bits per heavy atom. The molecule has 1 aromatic heterocycles. The molecule has 0 saturated carbocycles. The molecule has 137 valence electrons. The van der Waals surface area contributed by atoms with Crippen molar-refractivity contribution >= 4 is 26.0 Å². The van der Waals surface area contributed by atoms with Gasteiger partial charge in [0.05, 0.1) is 11.6 Å². The van der Waals surface area contributed by atoms with E-state index in [0.717, 1.165) is 16.5 Å². The van der Waals surface area contributed by atoms with Gasteiger partial charge in [-0.2, -0.15) is 0 Å². The summed E-state index contributed by atoms with van der Waals surface area (Å²) in [5.74, 6) is 0. The number of benzene rings is 1. The summed E-state index contributed by atoms with van der Waals surface area (Å²) in [6.45, 7) is 16.5. The topological polar surface area (TPSA) is 40.5 Å². The van der Waals surface area contributed by atoms with Gasteiger partial charge in [-0.05, 0) is 63.0 Å². The van der Waals surface area contributed by atoms with Crippen LogP contribution < -0.4 is 0 Å². The van der Waals surface area contributed by atoms with Gasteiger partial charge in [-0.25, -0.2) is 4.79 Å². The molecule has 5 heteroatoms. The van der Waals surface area contributed by atoms with Gasteiger partial charge >= 0.3 is 6.09 Å². The van der Waals surface area contributed by atoms with Crippen molar-refractivity contribution in [2.75, 3.05) is 0 Å². The van der Waals surface area contributed by atoms with Crippen LogP contribution in [0.5, 0.6) is 0 Å². The second-order valence-corrected chi connectivity index (χ2v) is 10.8. The van der Waals surface area contributed by atoms with Crippen LogP contribution in [0, 0.1) is 5.41 Å². The molecule has 0 bridgehead atoms. The minimum atomic E-state index is -0.823. The molecule has 2 aromatic rings. The number of carbonyl (C=O) groups is 1. The van der Waals surface area contributed by atoms with E-state index in [1.807, 2.05) is 32.9 Å². The van der Waals surface area contributed by atoms with E-state index in [2.05, 4.69) is 46.0 Å². The zero-order valence-electron chi connectivity index (χ0n) is 16.6. The summed E-state index contributed by atoms with van der Waals surface area (Å²) in [5.41, 5.74) is 1.49. The summed E-state index contributed by atoms with van der Waals surface area (Å²) in [7, 11) is -0.823. The quantitative estimate of drug-likeness (QED) is 0.651. The van der Waals surface area contributed by atoms with Crippen molar-refractivity contribution in [1.82, 2.24) is 4.57 Å². The predicted octanol–water partition coefficient (Wildman–Crippen LogP) is 5.78. The first-order valence-corrected chi connectivity index (χ1v) is 11.1. The fourth-order valence-electron chi connectivity index (χ4n) is 2.77. The average Bonchev–Trinajstić information content (AvgIpc) is 2.84. The first-order valence-electron chi connectivity index (χ1n) is 8.70. The lowest BCUT2D eigenvalue weighted by Gasteiger charge is -2.33. The zero-order chi connectivity index (χ0) is 19.0. The van der Waals surface area contributed by atoms with Crippen LogP contribution in [0.25, 0.3) is 10.9 Å². The third-order valence-corrected chi connectivity index (χ3v) is 4.45. The highest BCUT2D eigenvalue weighted by molar-refractivity contribution is 6.48. The lowest BCUT2D eigenvalue weighted by atomic mass is 9.84. The maximum absolute atomic E-state index is 12.4. The molecule has 0 fully saturated rings. The smallest absolute Gasteiger partial charge is 0.418 e. The third kappa shape index (κ3) is 4.95. The van der Waals surface area contributed by atoms with Crippen molar-refractivity contribution in [1.29, 1.82) is 0 Å². The summed E-state index contributed by atoms with van der Waals surface area (Å²) >= 11 is 0. The molecule has 1 radical (unpaired) electrons. The fourth-order valence-corrected chi connectivity index (χ4v) is 3.74. The molecule has 0 aliphatic rings. The monoisotopic (exact) mass is 360 g/mol. The molecule has 0 aliphatic carbocycles. The van der Waals surface area contributed by atoms with Crippen molar-refractivity contribution in [2.24, 2.45) is 5.41 Å². The van der Waals surface area contributed by atoms with Crippen LogP contribution in [0.15, 0.2) is 30.5 Å². The van der Waals surface area contributed by atoms with Gasteiger partial charge < -0.3 is 9.16 Å². The highest BCUT2D eigenvalue weighted by Crippen LogP contribution is 2.37. The second-order valence-electron chi connectivity index (χ2n) is 8.76. The van der Waals surface area contributed by atoms with Gasteiger partial charge in [0.15, 0.2) is 0 Å². The van der Waals surface area contributed by atoms with Crippen LogP contribution in [-0.2, 0) is 9.16 Å². The molecule has 1 unspecified atom stereocenters. The molecule has 4 nitrogen and oxygen atoms in total. The van der Waals surface area contributed by atoms with E-state index in [1.165, 1.54) is 0 Å². The molecule has 1 aromatic carbocycles. The second kappa shape index (κ2) is 6.96. The number of hydrogen-bond acceptors (Lipinski definition) is 3. The van der Waals surface area contributed by atoms with E-state index < -0.39 is 14.6 Å². The van der Waals surface area contributed by atoms with Gasteiger partial charge in [0.1, 0.15) is 5.60 Å². The number of carbonyl (C=O) groups excluding carboxylic acids is 1. The van der Waals surface area contributed by atoms with Crippen LogP contribution in [0.2, 0.25) is 13.1 Å². The molecule has 1 atom stereocenters. The largest absolute Gasteiger partial charge is 0.443 e. The Kier molecular flexibility index (Phi) is 5.49. The Morgan fingerprint density at radius 2 is 1.72 bits per heavy atom. The van der Waals surface area contributed by atoms with E-state index in [1.54, 1.807) is 10.8 Å². The van der Waals surface area contributed by atoms with Gasteiger partial charge in [0.25, 0.3) is 0 Å². The Bertz CT molecular complexity index is 750. The minimum Gasteiger partial charge on any atom is -0.443 e. The standard InChI is InChI=1S/C20H30NO3Si/c1-19(2,3)17(24-25(7)8)15-9-10-16-14(13-15)11-12-21(16)18(22)23-20(4,5)6/h9-13,17H,1-8H3. The van der Waals surface area contributed by atoms with Crippen molar-refractivity contribution < 1.29 is 14.0 Å². The number of fused-ring (bicyclic) bond motifs is 1. The lowest BCUT2D eigenvalue weighted by Crippen LogP contribution is -2.27. The Balaban J connectivity index is 2.39. The number of ether oxygens (including phenoxy) is 1. The van der Waals surface area contributed by atoms with Crippen LogP contribution in [0.1, 0.15) is 53.2 Å². The van der Waals surface area contributed by atoms with Gasteiger partial charge in [0.2, 0.25) is 9.04 Å². The van der Waals surface area contributed by atoms with Crippen LogP contribution in [0.3, 0.4) is 0 Å². The van der Waals surface area contributed by atoms with Gasteiger partial charge in [0, 0.05) is 11.6 Å². The lowest BCUT2D eigenvalue weighted by molar-refractivity contribution is 0.0544. The molecule has 0 N–H and O–H groups in total. The van der Waals surface area contributed by atoms with Crippen LogP contribution in [0.4, 0.5) is 4.79 Å². The highest BCUT2D eigenvalue weighted by atomic mass is 28.3. The first kappa shape index (κ1) is 19.7. The third-order valence-electron chi connectivity index (χ3n) is 3.75. The van der Waals surface area contributed by atoms with E-state index in [-0.39, 0.29) is 17.6 Å². The van der Waals surface area contributed by atoms with E-state index >= 15 is 0 Å². The van der Waals surface area contributed by atoms with Crippen molar-refractivity contribution in [2.45, 2.75) is 66.3 Å². The molecular weight excluding hydrogens is 330 g/mol. The van der Waals surface area contributed by atoms with E-state index in [9.17, 15) is 4.79 Å². The minimum absolute atomic E-state index is 0.00332. The van der Waals surface area contributed by atoms with E-state index in [0.29, 0.717) is 0 Å². The van der Waals surface area contributed by atoms with Crippen LogP contribution in [-0.4, -0.2) is 25.3 Å². The van der Waals surface area contributed by atoms with Crippen LogP contribution >= 0.6 is 0 Å². The van der Waals surface area contributed by atoms with Gasteiger partial charge in [-0.1, -0.05) is 26.8 Å². The summed E-state index contributed by atoms with van der Waals surface area (Å²) in [6, 6.07) is 8.11. The molecule has 1 heterocycles. The molecule has 25 heavy (non-hydrogen) atoms. The van der Waals surface area contributed by atoms with Gasteiger partial charge in [-0.15, -0.1) is 0 Å². The predicted molar refractivity (Wildman–Crippen MR) is 104 cm³/mol. The maximum Gasteiger partial charge on any atom is 0.418 e. The maximum atomic E-state index is 12.4. The molecule has 0 aliphatic heterocycles. The molecule has 0 amide bonds. The summed E-state index contributed by atoms with van der Waals surface area (Å²) in [4.78, 5) is 12.4. The molecule has 2 rings (SSSR count). The first-order chi connectivity index (χ1) is 11.4. The summed E-state index contributed by atoms with van der Waals surface area (Å²) < 4.78 is 13.3. The summed E-state index contributed by atoms with van der Waals surface area (Å²) in [6.07, 6.45) is 1.45. The summed E-state index contributed by atoms with van der Waals surface area (Å²) in [5, 5.41) is 1.02. The fraction of sp³-hybridized carbons (Fsp3) is 0.550. The SMILES string of the molecule is C[Si](C)OC(c1ccc2c(ccn2C(=O)OC(C)(C)C)c1)C(C)(C)C. The Hall–Kier alpha value is -1.59. The number of hydrogen-bond donors (Lipinski definition) is 0. The molecule has 0 saturated heterocycles. The van der Waals surface area contributed by atoms with E-state index in [4.69, 9.17) is 9.16 Å².